The smallest absolute Gasteiger partial charge is 0.281 e. The Morgan fingerprint density at radius 3 is 0.911 bits per heavy atom. The summed E-state index contributed by atoms with van der Waals surface area (Å²) in [6.45, 7) is 8.02. The first kappa shape index (κ1) is 55.6. The fraction of sp³-hybridized carbons (Fsp3) is 0.981. The van der Waals surface area contributed by atoms with Crippen LogP contribution in [-0.4, -0.2) is 37.5 Å². The van der Waals surface area contributed by atoms with Crippen LogP contribution in [0.3, 0.4) is 0 Å². The van der Waals surface area contributed by atoms with Crippen LogP contribution in [0.4, 0.5) is 0 Å². The van der Waals surface area contributed by atoms with Gasteiger partial charge in [-0.15, -0.1) is 0 Å². The van der Waals surface area contributed by atoms with E-state index in [9.17, 15) is 0 Å². The second-order valence-corrected chi connectivity index (χ2v) is 18.2. The van der Waals surface area contributed by atoms with E-state index in [0.717, 1.165) is 45.2 Å². The van der Waals surface area contributed by atoms with Gasteiger partial charge in [0.1, 0.15) is 0 Å². The highest BCUT2D eigenvalue weighted by atomic mass is 16.5. The largest absolute Gasteiger partial charge is 0.379 e. The molecule has 0 aromatic rings. The number of unbranched alkanes of at least 4 members (excludes halogenated alkanes) is 40. The van der Waals surface area contributed by atoms with E-state index in [1.807, 2.05) is 0 Å². The van der Waals surface area contributed by atoms with Crippen molar-refractivity contribution < 1.29 is 14.3 Å². The molecule has 0 radical (unpaired) electrons. The minimum Gasteiger partial charge on any atom is -0.379 e. The van der Waals surface area contributed by atoms with E-state index in [2.05, 4.69) is 13.8 Å². The molecule has 0 aliphatic carbocycles. The molecule has 1 N–H and O–H groups in total. The lowest BCUT2D eigenvalue weighted by Crippen LogP contribution is -2.13. The summed E-state index contributed by atoms with van der Waals surface area (Å²) in [6, 6.07) is 0. The molecule has 0 heterocycles. The van der Waals surface area contributed by atoms with Crippen LogP contribution in [0.1, 0.15) is 303 Å². The predicted octanol–water partition coefficient (Wildman–Crippen LogP) is 18.4. The first-order valence-electron chi connectivity index (χ1n) is 26.5. The van der Waals surface area contributed by atoms with E-state index in [1.165, 1.54) is 282 Å². The molecular formula is C53H107O3+. The highest BCUT2D eigenvalue weighted by Gasteiger charge is 2.09. The van der Waals surface area contributed by atoms with Gasteiger partial charge in [-0.25, -0.2) is 0 Å². The zero-order valence-corrected chi connectivity index (χ0v) is 39.1. The number of aldehydes is 1. The third kappa shape index (κ3) is 49.7. The van der Waals surface area contributed by atoms with Gasteiger partial charge in [-0.05, 0) is 31.6 Å². The van der Waals surface area contributed by atoms with Crippen LogP contribution in [0.15, 0.2) is 0 Å². The predicted molar refractivity (Wildman–Crippen MR) is 252 cm³/mol. The second kappa shape index (κ2) is 52.6. The summed E-state index contributed by atoms with van der Waals surface area (Å²) in [7, 11) is 0. The molecule has 0 rings (SSSR count). The van der Waals surface area contributed by atoms with Gasteiger partial charge >= 0.3 is 0 Å². The van der Waals surface area contributed by atoms with Crippen LogP contribution in [0.2, 0.25) is 0 Å². The normalized spacial score (nSPS) is 12.2. The molecule has 0 aromatic carbocycles. The van der Waals surface area contributed by atoms with Crippen molar-refractivity contribution >= 4 is 6.29 Å². The molecule has 0 bridgehead atoms. The SMILES string of the molecule is CCCCCCCCC(CCCCCC)COCCOCCCCCCCCCCCCCCCCCCCCCCCCCCCCCCCCCCC=[OH+]. The quantitative estimate of drug-likeness (QED) is 0.0350. The van der Waals surface area contributed by atoms with Crippen molar-refractivity contribution in [1.82, 2.24) is 0 Å². The standard InChI is InChI=1S/C53H106O3/c1-3-5-7-9-39-43-47-53(46-42-8-6-4-2)52-56-51-50-55-49-45-41-38-36-34-32-30-28-26-24-22-20-18-16-14-12-10-11-13-15-17-19-21-23-25-27-29-31-33-35-37-40-44-48-54/h48,53H,3-47,49-52H2,1-2H3/p+1. The third-order valence-electron chi connectivity index (χ3n) is 12.5. The molecule has 3 nitrogen and oxygen atoms in total. The molecule has 1 unspecified atom stereocenters. The number of carbonyl (C=O) groups excluding carboxylic acids is 1. The van der Waals surface area contributed by atoms with Crippen molar-refractivity contribution in [1.29, 1.82) is 0 Å². The van der Waals surface area contributed by atoms with Crippen LogP contribution in [0.25, 0.3) is 0 Å². The highest BCUT2D eigenvalue weighted by Crippen LogP contribution is 2.20. The Hall–Kier alpha value is -0.410. The van der Waals surface area contributed by atoms with Gasteiger partial charge in [0.15, 0.2) is 0 Å². The Labute approximate surface area is 354 Å². The lowest BCUT2D eigenvalue weighted by Gasteiger charge is -2.17. The van der Waals surface area contributed by atoms with Gasteiger partial charge in [-0.3, -0.25) is 4.79 Å². The lowest BCUT2D eigenvalue weighted by atomic mass is 9.95. The fourth-order valence-corrected chi connectivity index (χ4v) is 8.60. The van der Waals surface area contributed by atoms with Gasteiger partial charge in [-0.1, -0.05) is 271 Å². The van der Waals surface area contributed by atoms with Gasteiger partial charge in [0.25, 0.3) is 6.29 Å². The van der Waals surface area contributed by atoms with Crippen LogP contribution >= 0.6 is 0 Å². The molecule has 0 saturated heterocycles. The van der Waals surface area contributed by atoms with Crippen molar-refractivity contribution in [2.45, 2.75) is 303 Å². The van der Waals surface area contributed by atoms with Crippen molar-refractivity contribution in [3.8, 4) is 0 Å². The monoisotopic (exact) mass is 792 g/mol. The molecule has 0 spiro atoms. The average Bonchev–Trinajstić information content (AvgIpc) is 3.21. The van der Waals surface area contributed by atoms with Gasteiger partial charge in [-0.2, -0.15) is 0 Å². The number of ether oxygens (including phenoxy) is 2. The van der Waals surface area contributed by atoms with E-state index in [1.54, 1.807) is 0 Å². The lowest BCUT2D eigenvalue weighted by molar-refractivity contribution is 0.0290. The molecule has 0 aliphatic heterocycles. The molecule has 336 valence electrons. The summed E-state index contributed by atoms with van der Waals surface area (Å²) in [5.41, 5.74) is 0. The summed E-state index contributed by atoms with van der Waals surface area (Å²) in [5.74, 6) is 0.758. The van der Waals surface area contributed by atoms with Gasteiger partial charge in [0.05, 0.1) is 19.6 Å². The molecule has 0 aliphatic rings. The van der Waals surface area contributed by atoms with E-state index >= 15 is 0 Å². The zero-order valence-electron chi connectivity index (χ0n) is 39.1. The summed E-state index contributed by atoms with van der Waals surface area (Å²) in [6.07, 6.45) is 64.4. The molecule has 0 aromatic heterocycles. The van der Waals surface area contributed by atoms with Gasteiger partial charge in [0.2, 0.25) is 0 Å². The topological polar surface area (TPSA) is 39.9 Å². The van der Waals surface area contributed by atoms with Crippen molar-refractivity contribution in [2.24, 2.45) is 5.92 Å². The first-order valence-corrected chi connectivity index (χ1v) is 26.5. The molecule has 0 amide bonds. The maximum absolute atomic E-state index is 8.70. The van der Waals surface area contributed by atoms with Crippen LogP contribution < -0.4 is 0 Å². The summed E-state index contributed by atoms with van der Waals surface area (Å²) in [5, 5.41) is 0. The van der Waals surface area contributed by atoms with Crippen molar-refractivity contribution in [3.05, 3.63) is 0 Å². The average molecular weight is 792 g/mol. The fourth-order valence-electron chi connectivity index (χ4n) is 8.60. The van der Waals surface area contributed by atoms with Crippen LogP contribution in [0.5, 0.6) is 0 Å². The summed E-state index contributed by atoms with van der Waals surface area (Å²) in [4.78, 5) is 8.70. The molecular weight excluding hydrogens is 685 g/mol. The highest BCUT2D eigenvalue weighted by molar-refractivity contribution is 5.50. The van der Waals surface area contributed by atoms with E-state index < -0.39 is 0 Å². The summed E-state index contributed by atoms with van der Waals surface area (Å²) < 4.78 is 12.0. The Bertz CT molecular complexity index is 680. The van der Waals surface area contributed by atoms with Gasteiger partial charge < -0.3 is 9.47 Å². The molecule has 1 atom stereocenters. The van der Waals surface area contributed by atoms with Crippen molar-refractivity contribution in [3.63, 3.8) is 0 Å². The zero-order chi connectivity index (χ0) is 40.3. The van der Waals surface area contributed by atoms with Crippen LogP contribution in [0, 0.1) is 5.92 Å². The number of rotatable bonds is 52. The minimum absolute atomic E-state index is 0.758. The Morgan fingerprint density at radius 1 is 0.304 bits per heavy atom. The minimum atomic E-state index is 0.758. The number of hydrogen-bond donors (Lipinski definition) is 0. The summed E-state index contributed by atoms with van der Waals surface area (Å²) >= 11 is 0. The van der Waals surface area contributed by atoms with Crippen molar-refractivity contribution in [2.75, 3.05) is 26.4 Å². The Kier molecular flexibility index (Phi) is 52.2. The second-order valence-electron chi connectivity index (χ2n) is 18.2. The van der Waals surface area contributed by atoms with Crippen LogP contribution in [-0.2, 0) is 9.47 Å². The van der Waals surface area contributed by atoms with E-state index in [4.69, 9.17) is 14.3 Å². The molecule has 3 heteroatoms. The van der Waals surface area contributed by atoms with Gasteiger partial charge in [0, 0.05) is 13.2 Å². The molecule has 0 fully saturated rings. The third-order valence-corrected chi connectivity index (χ3v) is 12.5. The molecule has 0 saturated carbocycles. The Morgan fingerprint density at radius 2 is 0.571 bits per heavy atom. The maximum Gasteiger partial charge on any atom is 0.281 e. The van der Waals surface area contributed by atoms with E-state index in [-0.39, 0.29) is 0 Å². The maximum atomic E-state index is 8.70. The van der Waals surface area contributed by atoms with E-state index in [0.29, 0.717) is 0 Å². The Balaban J connectivity index is 3.26. The first-order chi connectivity index (χ1) is 27.8. The number of hydrogen-bond acceptors (Lipinski definition) is 2. The molecule has 56 heavy (non-hydrogen) atoms.